The Kier molecular flexibility index (Phi) is 7.67. The molecule has 13 heteroatoms. The third-order valence-corrected chi connectivity index (χ3v) is 11.6. The molecule has 2 atom stereocenters. The molecule has 0 aliphatic carbocycles. The summed E-state index contributed by atoms with van der Waals surface area (Å²) in [6.07, 6.45) is 1.26. The van der Waals surface area contributed by atoms with Crippen molar-refractivity contribution in [1.82, 2.24) is 4.72 Å². The van der Waals surface area contributed by atoms with Gasteiger partial charge in [-0.2, -0.15) is 8.42 Å². The average Bonchev–Trinajstić information content (AvgIpc) is 2.92. The number of fused-ring (bicyclic) bond motifs is 4. The number of carboxylic acids is 1. The molecule has 0 fully saturated rings. The molecule has 3 aliphatic rings. The van der Waals surface area contributed by atoms with Crippen molar-refractivity contribution >= 4 is 37.4 Å². The zero-order chi connectivity index (χ0) is 34.4. The van der Waals surface area contributed by atoms with Crippen molar-refractivity contribution in [2.24, 2.45) is 4.99 Å². The molecule has 0 radical (unpaired) electrons. The molecule has 0 saturated carbocycles. The van der Waals surface area contributed by atoms with E-state index in [1.165, 1.54) is 6.07 Å². The summed E-state index contributed by atoms with van der Waals surface area (Å²) in [5.41, 5.74) is 1.08. The number of hydrogen-bond donors (Lipinski definition) is 4. The first-order valence-electron chi connectivity index (χ1n) is 15.5. The van der Waals surface area contributed by atoms with Crippen molar-refractivity contribution in [3.8, 4) is 11.5 Å². The quantitative estimate of drug-likeness (QED) is 0.207. The van der Waals surface area contributed by atoms with Gasteiger partial charge in [0.1, 0.15) is 4.90 Å². The fourth-order valence-corrected chi connectivity index (χ4v) is 9.70. The molecule has 11 nitrogen and oxygen atoms in total. The van der Waals surface area contributed by atoms with Crippen LogP contribution in [0, 0.1) is 0 Å². The molecule has 0 saturated heterocycles. The van der Waals surface area contributed by atoms with Crippen LogP contribution in [0.25, 0.3) is 5.57 Å². The topological polar surface area (TPSA) is 171 Å². The summed E-state index contributed by atoms with van der Waals surface area (Å²) in [7, 11) is -9.32. The molecule has 3 aliphatic heterocycles. The van der Waals surface area contributed by atoms with Gasteiger partial charge in [0.15, 0.2) is 16.4 Å². The first-order chi connectivity index (χ1) is 21.8. The minimum absolute atomic E-state index is 0.0336. The summed E-state index contributed by atoms with van der Waals surface area (Å²) >= 11 is 0. The van der Waals surface area contributed by atoms with Gasteiger partial charge in [-0.15, -0.1) is 0 Å². The van der Waals surface area contributed by atoms with Crippen molar-refractivity contribution in [3.05, 3.63) is 74.8 Å². The van der Waals surface area contributed by atoms with E-state index in [4.69, 9.17) is 9.73 Å². The maximum Gasteiger partial charge on any atom is 0.336 e. The highest BCUT2D eigenvalue weighted by Crippen LogP contribution is 2.51. The number of nitrogens with one attached hydrogen (secondary N) is 2. The maximum absolute atomic E-state index is 14.1. The Balaban J connectivity index is 1.92. The van der Waals surface area contributed by atoms with Gasteiger partial charge in [0, 0.05) is 28.4 Å². The number of ether oxygens (including phenoxy) is 1. The highest BCUT2D eigenvalue weighted by molar-refractivity contribution is 7.89. The van der Waals surface area contributed by atoms with Crippen LogP contribution < -0.4 is 25.4 Å². The van der Waals surface area contributed by atoms with Gasteiger partial charge >= 0.3 is 5.97 Å². The van der Waals surface area contributed by atoms with Crippen LogP contribution in [0.3, 0.4) is 0 Å². The molecule has 250 valence electrons. The summed E-state index contributed by atoms with van der Waals surface area (Å²) in [6.45, 7) is 13.3. The number of nitrogens with zero attached hydrogens (tertiary/aromatic N) is 1. The number of anilines is 1. The third-order valence-electron chi connectivity index (χ3n) is 9.10. The van der Waals surface area contributed by atoms with E-state index in [1.807, 2.05) is 47.6 Å². The van der Waals surface area contributed by atoms with Crippen LogP contribution in [0.5, 0.6) is 11.5 Å². The first kappa shape index (κ1) is 33.1. The molecular weight excluding hydrogens is 643 g/mol. The number of rotatable bonds is 6. The van der Waals surface area contributed by atoms with Gasteiger partial charge < -0.3 is 15.2 Å². The monoisotopic (exact) mass is 681 g/mol. The normalized spacial score (nSPS) is 20.8. The highest BCUT2D eigenvalue weighted by Gasteiger charge is 2.42. The standard InChI is InChI=1S/C34H39N3O8S2/c1-8-35-46(40,41)30-26-21(17(2)15-33(4,5)36-26)13-23-25(19-11-9-10-12-20(19)32(38)39)24-14-22-18(3)16-34(6,7)37-27(22)31(47(42,43)44)29(24)45-28(23)30/h9-14,17-18,35-36H,8,15-16H2,1-7H3,(H,38,39)(H,42,43,44). The molecule has 4 N–H and O–H groups in total. The van der Waals surface area contributed by atoms with E-state index in [9.17, 15) is 31.3 Å². The third kappa shape index (κ3) is 5.52. The number of aromatic carboxylic acids is 1. The maximum atomic E-state index is 14.1. The molecule has 6 rings (SSSR count). The summed E-state index contributed by atoms with van der Waals surface area (Å²) in [5.74, 6) is -2.04. The predicted molar refractivity (Wildman–Crippen MR) is 177 cm³/mol. The van der Waals surface area contributed by atoms with Crippen LogP contribution >= 0.6 is 0 Å². The molecule has 3 heterocycles. The predicted octanol–water partition coefficient (Wildman–Crippen LogP) is 4.89. The average molecular weight is 682 g/mol. The molecule has 0 spiro atoms. The van der Waals surface area contributed by atoms with Crippen molar-refractivity contribution in [3.63, 3.8) is 0 Å². The van der Waals surface area contributed by atoms with Crippen LogP contribution in [0.1, 0.15) is 106 Å². The minimum atomic E-state index is -5.03. The zero-order valence-electron chi connectivity index (χ0n) is 27.3. The fourth-order valence-electron chi connectivity index (χ4n) is 7.55. The Bertz CT molecular complexity index is 2230. The number of sulfonamides is 1. The van der Waals surface area contributed by atoms with Crippen LogP contribution in [-0.4, -0.2) is 50.1 Å². The lowest BCUT2D eigenvalue weighted by atomic mass is 9.79. The van der Waals surface area contributed by atoms with Crippen LogP contribution in [0.15, 0.2) is 51.2 Å². The van der Waals surface area contributed by atoms with E-state index in [-0.39, 0.29) is 67.6 Å². The van der Waals surface area contributed by atoms with Crippen LogP contribution in [-0.2, 0) is 20.1 Å². The van der Waals surface area contributed by atoms with E-state index in [0.717, 1.165) is 0 Å². The highest BCUT2D eigenvalue weighted by atomic mass is 32.2. The van der Waals surface area contributed by atoms with E-state index < -0.39 is 42.1 Å². The van der Waals surface area contributed by atoms with E-state index in [0.29, 0.717) is 29.7 Å². The van der Waals surface area contributed by atoms with Gasteiger partial charge in [0.25, 0.3) is 10.1 Å². The number of carbonyl (C=O) groups is 1. The molecule has 2 unspecified atom stereocenters. The summed E-state index contributed by atoms with van der Waals surface area (Å²) in [4.78, 5) is 16.5. The Morgan fingerprint density at radius 2 is 1.64 bits per heavy atom. The van der Waals surface area contributed by atoms with Crippen molar-refractivity contribution in [2.75, 3.05) is 11.9 Å². The minimum Gasteiger partial charge on any atom is -0.478 e. The Hall–Kier alpha value is -3.78. The molecular formula is C34H39N3O8S2. The van der Waals surface area contributed by atoms with Gasteiger partial charge in [-0.05, 0) is 87.3 Å². The Morgan fingerprint density at radius 1 is 0.979 bits per heavy atom. The second-order valence-corrected chi connectivity index (χ2v) is 17.1. The van der Waals surface area contributed by atoms with Crippen LogP contribution in [0.2, 0.25) is 0 Å². The van der Waals surface area contributed by atoms with Gasteiger partial charge in [0.2, 0.25) is 10.0 Å². The lowest BCUT2D eigenvalue weighted by molar-refractivity contribution is 0.0696. The lowest BCUT2D eigenvalue weighted by Crippen LogP contribution is -2.39. The molecule has 0 amide bonds. The van der Waals surface area contributed by atoms with Gasteiger partial charge in [0.05, 0.1) is 22.1 Å². The number of carboxylic acid groups (broad SMARTS) is 1. The summed E-state index contributed by atoms with van der Waals surface area (Å²) in [6, 6.07) is 9.82. The summed E-state index contributed by atoms with van der Waals surface area (Å²) < 4.78 is 74.8. The fraction of sp³-hybridized carbons (Fsp3) is 0.412. The zero-order valence-corrected chi connectivity index (χ0v) is 29.0. The number of benzene rings is 3. The Morgan fingerprint density at radius 3 is 2.28 bits per heavy atom. The van der Waals surface area contributed by atoms with Crippen molar-refractivity contribution < 1.29 is 36.0 Å². The second kappa shape index (κ2) is 10.9. The lowest BCUT2D eigenvalue weighted by Gasteiger charge is -2.40. The molecule has 3 aromatic rings. The molecule has 3 aromatic carbocycles. The van der Waals surface area contributed by atoms with Crippen molar-refractivity contribution in [2.45, 2.75) is 94.0 Å². The van der Waals surface area contributed by atoms with Crippen molar-refractivity contribution in [1.29, 1.82) is 0 Å². The molecule has 0 bridgehead atoms. The largest absolute Gasteiger partial charge is 0.478 e. The number of hydrogen-bond acceptors (Lipinski definition) is 8. The van der Waals surface area contributed by atoms with E-state index in [2.05, 4.69) is 10.0 Å². The van der Waals surface area contributed by atoms with E-state index >= 15 is 0 Å². The second-order valence-electron chi connectivity index (χ2n) is 14.0. The van der Waals surface area contributed by atoms with Gasteiger partial charge in [-0.1, -0.05) is 39.0 Å². The van der Waals surface area contributed by atoms with E-state index in [1.54, 1.807) is 31.2 Å². The van der Waals surface area contributed by atoms with Crippen LogP contribution in [0.4, 0.5) is 5.69 Å². The Labute approximate surface area is 274 Å². The van der Waals surface area contributed by atoms with Gasteiger partial charge in [-0.3, -0.25) is 9.55 Å². The smallest absolute Gasteiger partial charge is 0.336 e. The SMILES string of the molecule is CCNS(=O)(=O)c1c2c(cc3c1Oc1c(S(=O)(=O)O)c4c(cc1=C3c1ccccc1C(=O)O)C(C)CC(C)(C)N=4)C(C)CC(C)(C)N2. The first-order valence-corrected chi connectivity index (χ1v) is 18.5. The van der Waals surface area contributed by atoms with Gasteiger partial charge in [-0.25, -0.2) is 17.9 Å². The molecule has 47 heavy (non-hydrogen) atoms. The summed E-state index contributed by atoms with van der Waals surface area (Å²) in [5, 5.41) is 13.9. The molecule has 0 aromatic heterocycles.